The van der Waals surface area contributed by atoms with Gasteiger partial charge in [-0.2, -0.15) is 4.98 Å². The lowest BCUT2D eigenvalue weighted by Crippen LogP contribution is -2.29. The van der Waals surface area contributed by atoms with Crippen molar-refractivity contribution in [3.8, 4) is 0 Å². The fourth-order valence-corrected chi connectivity index (χ4v) is 2.81. The highest BCUT2D eigenvalue weighted by Crippen LogP contribution is 2.27. The van der Waals surface area contributed by atoms with Crippen LogP contribution in [0.5, 0.6) is 0 Å². The Morgan fingerprint density at radius 2 is 2.15 bits per heavy atom. The van der Waals surface area contributed by atoms with Crippen LogP contribution >= 0.6 is 0 Å². The number of nitrogens with zero attached hydrogens (tertiary/aromatic N) is 2. The van der Waals surface area contributed by atoms with Crippen LogP contribution in [0.1, 0.15) is 23.8 Å². The summed E-state index contributed by atoms with van der Waals surface area (Å²) in [6.07, 6.45) is -1.40. The van der Waals surface area contributed by atoms with Crippen molar-refractivity contribution in [2.75, 3.05) is 11.9 Å². The molecule has 0 radical (unpaired) electrons. The Bertz CT molecular complexity index is 854. The summed E-state index contributed by atoms with van der Waals surface area (Å²) >= 11 is 0. The Hall–Kier alpha value is -2.75. The summed E-state index contributed by atoms with van der Waals surface area (Å²) < 4.78 is 11.8. The number of ether oxygens (including phenoxy) is 2. The van der Waals surface area contributed by atoms with E-state index >= 15 is 0 Å². The molecule has 9 nitrogen and oxygen atoms in total. The minimum atomic E-state index is -0.863. The van der Waals surface area contributed by atoms with Gasteiger partial charge >= 0.3 is 11.8 Å². The van der Waals surface area contributed by atoms with E-state index in [4.69, 9.17) is 14.6 Å². The highest BCUT2D eigenvalue weighted by Gasteiger charge is 2.35. The van der Waals surface area contributed by atoms with Crippen LogP contribution in [0.2, 0.25) is 0 Å². The second-order valence-corrected chi connectivity index (χ2v) is 6.26. The number of rotatable bonds is 5. The third kappa shape index (κ3) is 4.51. The van der Waals surface area contributed by atoms with E-state index in [1.807, 2.05) is 30.3 Å². The summed E-state index contributed by atoms with van der Waals surface area (Å²) in [4.78, 5) is 28.1. The molecule has 1 saturated heterocycles. The molecule has 1 fully saturated rings. The number of aromatic nitrogens is 2. The van der Waals surface area contributed by atoms with Gasteiger partial charge in [-0.3, -0.25) is 9.88 Å². The maximum atomic E-state index is 12.3. The molecule has 3 atom stereocenters. The smallest absolute Gasteiger partial charge is 0.413 e. The molecule has 0 saturated carbocycles. The summed E-state index contributed by atoms with van der Waals surface area (Å²) in [5.74, 6) is 0.0894. The normalized spacial score (nSPS) is 21.8. The molecule has 1 amide bonds. The van der Waals surface area contributed by atoms with Crippen molar-refractivity contribution in [3.05, 3.63) is 58.1 Å². The predicted octanol–water partition coefficient (Wildman–Crippen LogP) is 0.941. The maximum Gasteiger partial charge on any atom is 0.413 e. The minimum absolute atomic E-state index is 0.0894. The quantitative estimate of drug-likeness (QED) is 0.711. The summed E-state index contributed by atoms with van der Waals surface area (Å²) in [7, 11) is 0. The number of amides is 1. The molecular weight excluding hydrogens is 354 g/mol. The molecule has 2 aromatic rings. The number of aryl methyl sites for hydroxylation is 1. The summed E-state index contributed by atoms with van der Waals surface area (Å²) in [5, 5.41) is 21.4. The largest absolute Gasteiger partial charge is 0.444 e. The van der Waals surface area contributed by atoms with Gasteiger partial charge in [-0.05, 0) is 12.5 Å². The van der Waals surface area contributed by atoms with Gasteiger partial charge in [0.25, 0.3) is 0 Å². The Labute approximate surface area is 155 Å². The topological polar surface area (TPSA) is 123 Å². The predicted molar refractivity (Wildman–Crippen MR) is 95.1 cm³/mol. The summed E-state index contributed by atoms with van der Waals surface area (Å²) in [6, 6.07) is 9.19. The molecule has 9 heteroatoms. The average Bonchev–Trinajstić information content (AvgIpc) is 3.04. The molecule has 1 aromatic carbocycles. The third-order valence-electron chi connectivity index (χ3n) is 4.26. The molecular formula is C18H21N3O6. The third-order valence-corrected chi connectivity index (χ3v) is 4.26. The van der Waals surface area contributed by atoms with E-state index in [2.05, 4.69) is 10.3 Å². The first-order chi connectivity index (χ1) is 13.0. The second kappa shape index (κ2) is 8.30. The maximum absolute atomic E-state index is 12.3. The molecule has 0 unspecified atom stereocenters. The SMILES string of the molecule is Cc1cn([C@H]2C[C@H](O)[C@@H](CO)O2)c(=O)nc1NC(=O)OCc1ccccc1. The fourth-order valence-electron chi connectivity index (χ4n) is 2.81. The lowest BCUT2D eigenvalue weighted by molar-refractivity contribution is -0.0459. The molecule has 0 bridgehead atoms. The second-order valence-electron chi connectivity index (χ2n) is 6.26. The van der Waals surface area contributed by atoms with Crippen molar-refractivity contribution in [1.82, 2.24) is 9.55 Å². The fraction of sp³-hybridized carbons (Fsp3) is 0.389. The van der Waals surface area contributed by atoms with E-state index in [1.54, 1.807) is 6.92 Å². The van der Waals surface area contributed by atoms with Gasteiger partial charge in [-0.15, -0.1) is 0 Å². The number of hydrogen-bond donors (Lipinski definition) is 3. The van der Waals surface area contributed by atoms with Crippen LogP contribution in [0.4, 0.5) is 10.6 Å². The number of carbonyl (C=O) groups is 1. The number of anilines is 1. The van der Waals surface area contributed by atoms with Crippen LogP contribution in [0.15, 0.2) is 41.3 Å². The minimum Gasteiger partial charge on any atom is -0.444 e. The Morgan fingerprint density at radius 1 is 1.41 bits per heavy atom. The molecule has 1 aromatic heterocycles. The van der Waals surface area contributed by atoms with E-state index in [1.165, 1.54) is 10.8 Å². The van der Waals surface area contributed by atoms with Crippen molar-refractivity contribution < 1.29 is 24.5 Å². The molecule has 0 aliphatic carbocycles. The zero-order valence-electron chi connectivity index (χ0n) is 14.7. The van der Waals surface area contributed by atoms with Crippen molar-refractivity contribution >= 4 is 11.9 Å². The highest BCUT2D eigenvalue weighted by atomic mass is 16.6. The molecule has 3 rings (SSSR count). The van der Waals surface area contributed by atoms with Crippen LogP contribution < -0.4 is 11.0 Å². The van der Waals surface area contributed by atoms with Crippen LogP contribution in [-0.4, -0.2) is 44.7 Å². The van der Waals surface area contributed by atoms with Gasteiger partial charge in [-0.25, -0.2) is 9.59 Å². The van der Waals surface area contributed by atoms with Crippen LogP contribution in [-0.2, 0) is 16.1 Å². The van der Waals surface area contributed by atoms with E-state index in [0.717, 1.165) is 5.56 Å². The van der Waals surface area contributed by atoms with Crippen molar-refractivity contribution in [2.45, 2.75) is 38.4 Å². The van der Waals surface area contributed by atoms with Crippen LogP contribution in [0.3, 0.4) is 0 Å². The zero-order valence-corrected chi connectivity index (χ0v) is 14.7. The van der Waals surface area contributed by atoms with Gasteiger partial charge in [-0.1, -0.05) is 30.3 Å². The Kier molecular flexibility index (Phi) is 5.84. The Balaban J connectivity index is 1.66. The summed E-state index contributed by atoms with van der Waals surface area (Å²) in [5.41, 5.74) is 0.717. The van der Waals surface area contributed by atoms with E-state index in [9.17, 15) is 14.7 Å². The molecule has 1 aliphatic heterocycles. The van der Waals surface area contributed by atoms with Gasteiger partial charge in [0.1, 0.15) is 24.8 Å². The number of hydrogen-bond acceptors (Lipinski definition) is 7. The molecule has 2 heterocycles. The molecule has 3 N–H and O–H groups in total. The molecule has 0 spiro atoms. The van der Waals surface area contributed by atoms with Crippen LogP contribution in [0.25, 0.3) is 0 Å². The summed E-state index contributed by atoms with van der Waals surface area (Å²) in [6.45, 7) is 1.43. The molecule has 144 valence electrons. The van der Waals surface area contributed by atoms with Gasteiger partial charge < -0.3 is 19.7 Å². The lowest BCUT2D eigenvalue weighted by Gasteiger charge is -2.16. The van der Waals surface area contributed by atoms with Gasteiger partial charge in [0.05, 0.1) is 12.7 Å². The number of nitrogens with one attached hydrogen (secondary N) is 1. The van der Waals surface area contributed by atoms with Crippen molar-refractivity contribution in [1.29, 1.82) is 0 Å². The first-order valence-electron chi connectivity index (χ1n) is 8.50. The Morgan fingerprint density at radius 3 is 2.81 bits per heavy atom. The molecule has 1 aliphatic rings. The highest BCUT2D eigenvalue weighted by molar-refractivity contribution is 5.84. The van der Waals surface area contributed by atoms with Gasteiger partial charge in [0.15, 0.2) is 0 Å². The number of carbonyl (C=O) groups excluding carboxylic acids is 1. The monoisotopic (exact) mass is 375 g/mol. The van der Waals surface area contributed by atoms with Crippen LogP contribution in [0, 0.1) is 6.92 Å². The van der Waals surface area contributed by atoms with E-state index in [0.29, 0.717) is 5.56 Å². The van der Waals surface area contributed by atoms with E-state index in [-0.39, 0.29) is 25.5 Å². The van der Waals surface area contributed by atoms with E-state index < -0.39 is 30.2 Å². The number of benzene rings is 1. The lowest BCUT2D eigenvalue weighted by atomic mass is 10.2. The molecule has 27 heavy (non-hydrogen) atoms. The van der Waals surface area contributed by atoms with Gasteiger partial charge in [0, 0.05) is 18.2 Å². The van der Waals surface area contributed by atoms with Crippen molar-refractivity contribution in [2.24, 2.45) is 0 Å². The zero-order chi connectivity index (χ0) is 19.4. The number of aliphatic hydroxyl groups is 2. The standard InChI is InChI=1S/C18H21N3O6/c1-11-8-21(15-7-13(23)14(9-22)27-15)17(24)19-16(11)20-18(25)26-10-12-5-3-2-4-6-12/h2-6,8,13-15,22-23H,7,9-10H2,1H3,(H,19,20,24,25)/t13-,14+,15+/m0/s1. The first kappa shape index (κ1) is 19.0. The van der Waals surface area contributed by atoms with Gasteiger partial charge in [0.2, 0.25) is 0 Å². The van der Waals surface area contributed by atoms with Crippen molar-refractivity contribution in [3.63, 3.8) is 0 Å². The average molecular weight is 375 g/mol. The number of aliphatic hydroxyl groups excluding tert-OH is 2. The first-order valence-corrected chi connectivity index (χ1v) is 8.50.